The number of nitrogens with zero attached hydrogens (tertiary/aromatic N) is 4. The van der Waals surface area contributed by atoms with E-state index in [1.807, 2.05) is 0 Å². The van der Waals surface area contributed by atoms with Crippen LogP contribution in [0.15, 0.2) is 18.3 Å². The normalized spacial score (nSPS) is 23.9. The van der Waals surface area contributed by atoms with Gasteiger partial charge in [0.2, 0.25) is 0 Å². The molecule has 1 saturated heterocycles. The van der Waals surface area contributed by atoms with Crippen LogP contribution < -0.4 is 0 Å². The van der Waals surface area contributed by atoms with Gasteiger partial charge in [-0.1, -0.05) is 5.21 Å². The molecule has 1 fully saturated rings. The summed E-state index contributed by atoms with van der Waals surface area (Å²) in [7, 11) is -3.08. The minimum atomic E-state index is -3.08. The standard InChI is InChI=1S/C9H10N4O2S/c14-16(15)6-2-4-8(16)13-9-7(11-12-13)3-1-5-10-9/h1,3,5,8H,2,4,6H2. The number of hydrogen-bond donors (Lipinski definition) is 0. The van der Waals surface area contributed by atoms with Crippen molar-refractivity contribution in [2.45, 2.75) is 18.2 Å². The van der Waals surface area contributed by atoms with Crippen molar-refractivity contribution in [3.63, 3.8) is 0 Å². The van der Waals surface area contributed by atoms with E-state index in [1.54, 1.807) is 18.3 Å². The monoisotopic (exact) mass is 238 g/mol. The maximum Gasteiger partial charge on any atom is 0.179 e. The largest absolute Gasteiger partial charge is 0.235 e. The molecule has 0 aromatic carbocycles. The molecule has 3 heterocycles. The summed E-state index contributed by atoms with van der Waals surface area (Å²) in [5, 5.41) is 7.22. The number of hydrogen-bond acceptors (Lipinski definition) is 5. The van der Waals surface area contributed by atoms with E-state index in [1.165, 1.54) is 4.68 Å². The van der Waals surface area contributed by atoms with Gasteiger partial charge >= 0.3 is 0 Å². The molecule has 0 saturated carbocycles. The Morgan fingerprint density at radius 1 is 1.44 bits per heavy atom. The first-order chi connectivity index (χ1) is 7.68. The fourth-order valence-electron chi connectivity index (χ4n) is 2.02. The summed E-state index contributed by atoms with van der Waals surface area (Å²) < 4.78 is 25.0. The van der Waals surface area contributed by atoms with Gasteiger partial charge in [-0.05, 0) is 25.0 Å². The van der Waals surface area contributed by atoms with Crippen LogP contribution in [0.5, 0.6) is 0 Å². The first kappa shape index (κ1) is 9.71. The second-order valence-electron chi connectivity index (χ2n) is 3.84. The Morgan fingerprint density at radius 2 is 2.31 bits per heavy atom. The summed E-state index contributed by atoms with van der Waals surface area (Å²) in [5.41, 5.74) is 1.17. The Bertz CT molecular complexity index is 634. The van der Waals surface area contributed by atoms with Crippen LogP contribution in [-0.4, -0.2) is 34.1 Å². The maximum absolute atomic E-state index is 11.8. The molecule has 1 atom stereocenters. The average molecular weight is 238 g/mol. The molecule has 16 heavy (non-hydrogen) atoms. The van der Waals surface area contributed by atoms with Gasteiger partial charge in [-0.3, -0.25) is 0 Å². The number of pyridine rings is 1. The SMILES string of the molecule is O=S1(=O)CCCC1n1nnc2cccnc21. The number of sulfone groups is 1. The van der Waals surface area contributed by atoms with Gasteiger partial charge < -0.3 is 0 Å². The van der Waals surface area contributed by atoms with Gasteiger partial charge in [0.05, 0.1) is 5.75 Å². The van der Waals surface area contributed by atoms with Crippen LogP contribution >= 0.6 is 0 Å². The summed E-state index contributed by atoms with van der Waals surface area (Å²) in [6, 6.07) is 3.53. The van der Waals surface area contributed by atoms with Crippen LogP contribution in [0.2, 0.25) is 0 Å². The van der Waals surface area contributed by atoms with Crippen molar-refractivity contribution in [1.82, 2.24) is 20.0 Å². The Balaban J connectivity index is 2.20. The third kappa shape index (κ3) is 1.31. The van der Waals surface area contributed by atoms with Crippen LogP contribution in [0.1, 0.15) is 18.2 Å². The molecule has 6 nitrogen and oxygen atoms in total. The smallest absolute Gasteiger partial charge is 0.179 e. The summed E-state index contributed by atoms with van der Waals surface area (Å²) >= 11 is 0. The predicted molar refractivity (Wildman–Crippen MR) is 57.4 cm³/mol. The van der Waals surface area contributed by atoms with Crippen molar-refractivity contribution in [2.75, 3.05) is 5.75 Å². The zero-order valence-electron chi connectivity index (χ0n) is 8.44. The van der Waals surface area contributed by atoms with Gasteiger partial charge in [-0.15, -0.1) is 5.10 Å². The molecule has 2 aromatic rings. The van der Waals surface area contributed by atoms with Gasteiger partial charge in [-0.2, -0.15) is 0 Å². The van der Waals surface area contributed by atoms with Crippen molar-refractivity contribution in [1.29, 1.82) is 0 Å². The third-order valence-electron chi connectivity index (χ3n) is 2.80. The summed E-state index contributed by atoms with van der Waals surface area (Å²) in [4.78, 5) is 4.12. The molecule has 84 valence electrons. The van der Waals surface area contributed by atoms with E-state index in [9.17, 15) is 8.42 Å². The van der Waals surface area contributed by atoms with Gasteiger partial charge in [-0.25, -0.2) is 18.1 Å². The molecule has 1 unspecified atom stereocenters. The Kier molecular flexibility index (Phi) is 1.97. The third-order valence-corrected chi connectivity index (χ3v) is 4.92. The lowest BCUT2D eigenvalue weighted by atomic mass is 10.3. The lowest BCUT2D eigenvalue weighted by Gasteiger charge is -2.08. The fraction of sp³-hybridized carbons (Fsp3) is 0.444. The van der Waals surface area contributed by atoms with Crippen LogP contribution in [0.25, 0.3) is 11.2 Å². The number of rotatable bonds is 1. The quantitative estimate of drug-likeness (QED) is 0.724. The number of aromatic nitrogens is 4. The average Bonchev–Trinajstić information content (AvgIpc) is 2.81. The molecular weight excluding hydrogens is 228 g/mol. The second kappa shape index (κ2) is 3.24. The highest BCUT2D eigenvalue weighted by atomic mass is 32.2. The minimum absolute atomic E-state index is 0.228. The Labute approximate surface area is 92.2 Å². The molecule has 0 amide bonds. The van der Waals surface area contributed by atoms with Gasteiger partial charge in [0.1, 0.15) is 5.52 Å². The topological polar surface area (TPSA) is 77.7 Å². The van der Waals surface area contributed by atoms with Crippen LogP contribution in [-0.2, 0) is 9.84 Å². The van der Waals surface area contributed by atoms with E-state index in [4.69, 9.17) is 0 Å². The van der Waals surface area contributed by atoms with E-state index in [-0.39, 0.29) is 5.75 Å². The number of fused-ring (bicyclic) bond motifs is 1. The van der Waals surface area contributed by atoms with E-state index < -0.39 is 15.2 Å². The fourth-order valence-corrected chi connectivity index (χ4v) is 3.84. The minimum Gasteiger partial charge on any atom is -0.235 e. The molecule has 7 heteroatoms. The summed E-state index contributed by atoms with van der Waals surface area (Å²) in [6.45, 7) is 0. The molecule has 0 N–H and O–H groups in total. The summed E-state index contributed by atoms with van der Waals surface area (Å²) in [6.07, 6.45) is 2.89. The highest BCUT2D eigenvalue weighted by molar-refractivity contribution is 7.91. The van der Waals surface area contributed by atoms with E-state index >= 15 is 0 Å². The first-order valence-electron chi connectivity index (χ1n) is 5.06. The predicted octanol–water partition coefficient (Wildman–Crippen LogP) is 0.534. The van der Waals surface area contributed by atoms with Crippen molar-refractivity contribution in [3.8, 4) is 0 Å². The van der Waals surface area contributed by atoms with Crippen LogP contribution in [0, 0.1) is 0 Å². The highest BCUT2D eigenvalue weighted by Gasteiger charge is 2.34. The van der Waals surface area contributed by atoms with Gasteiger partial charge in [0.25, 0.3) is 0 Å². The first-order valence-corrected chi connectivity index (χ1v) is 6.77. The van der Waals surface area contributed by atoms with E-state index in [0.29, 0.717) is 24.0 Å². The van der Waals surface area contributed by atoms with Crippen LogP contribution in [0.3, 0.4) is 0 Å². The highest BCUT2D eigenvalue weighted by Crippen LogP contribution is 2.30. The zero-order chi connectivity index (χ0) is 11.2. The maximum atomic E-state index is 11.8. The molecule has 0 spiro atoms. The van der Waals surface area contributed by atoms with Crippen molar-refractivity contribution in [3.05, 3.63) is 18.3 Å². The zero-order valence-corrected chi connectivity index (χ0v) is 9.26. The Hall–Kier alpha value is -1.50. The molecule has 1 aliphatic heterocycles. The summed E-state index contributed by atoms with van der Waals surface area (Å²) in [5.74, 6) is 0.228. The molecule has 0 radical (unpaired) electrons. The lowest BCUT2D eigenvalue weighted by molar-refractivity contribution is 0.523. The Morgan fingerprint density at radius 3 is 3.06 bits per heavy atom. The molecule has 0 aliphatic carbocycles. The molecule has 0 bridgehead atoms. The lowest BCUT2D eigenvalue weighted by Crippen LogP contribution is -2.17. The van der Waals surface area contributed by atoms with E-state index in [2.05, 4.69) is 15.3 Å². The van der Waals surface area contributed by atoms with Crippen molar-refractivity contribution >= 4 is 21.0 Å². The van der Waals surface area contributed by atoms with Crippen molar-refractivity contribution in [2.24, 2.45) is 0 Å². The molecule has 3 rings (SSSR count). The van der Waals surface area contributed by atoms with Gasteiger partial charge in [0.15, 0.2) is 20.9 Å². The molecule has 1 aliphatic rings. The van der Waals surface area contributed by atoms with Crippen molar-refractivity contribution < 1.29 is 8.42 Å². The molecular formula is C9H10N4O2S. The van der Waals surface area contributed by atoms with Crippen LogP contribution in [0.4, 0.5) is 0 Å². The van der Waals surface area contributed by atoms with E-state index in [0.717, 1.165) is 0 Å². The second-order valence-corrected chi connectivity index (χ2v) is 6.12. The molecule has 2 aromatic heterocycles. The van der Waals surface area contributed by atoms with Gasteiger partial charge in [0, 0.05) is 6.20 Å².